The Morgan fingerprint density at radius 2 is 2.07 bits per heavy atom. The number of piperidine rings is 1. The molecule has 0 amide bonds. The first-order valence-electron chi connectivity index (χ1n) is 10.2. The van der Waals surface area contributed by atoms with Gasteiger partial charge in [-0.1, -0.05) is 12.1 Å². The summed E-state index contributed by atoms with van der Waals surface area (Å²) in [6.45, 7) is 3.02. The van der Waals surface area contributed by atoms with Crippen molar-refractivity contribution in [2.24, 2.45) is 5.92 Å². The van der Waals surface area contributed by atoms with Gasteiger partial charge in [0.1, 0.15) is 11.3 Å². The molecule has 1 atom stereocenters. The molecule has 1 aromatic heterocycles. The van der Waals surface area contributed by atoms with Crippen LogP contribution < -0.4 is 10.1 Å². The zero-order valence-corrected chi connectivity index (χ0v) is 16.1. The Balaban J connectivity index is 1.45. The molecular weight excluding hydrogens is 340 g/mol. The Morgan fingerprint density at radius 3 is 2.89 bits per heavy atom. The Labute approximate surface area is 161 Å². The van der Waals surface area contributed by atoms with Crippen LogP contribution in [-0.2, 0) is 0 Å². The average Bonchev–Trinajstić information content (AvgIpc) is 2.68. The van der Waals surface area contributed by atoms with E-state index in [4.69, 9.17) is 9.72 Å². The van der Waals surface area contributed by atoms with E-state index in [1.54, 1.807) is 0 Å². The van der Waals surface area contributed by atoms with E-state index >= 15 is 0 Å². The second-order valence-electron chi connectivity index (χ2n) is 8.12. The molecule has 0 radical (unpaired) electrons. The third-order valence-electron chi connectivity index (χ3n) is 5.80. The molecule has 1 saturated heterocycles. The first kappa shape index (κ1) is 18.4. The molecule has 1 aromatic carbocycles. The highest BCUT2D eigenvalue weighted by molar-refractivity contribution is 5.84. The zero-order valence-electron chi connectivity index (χ0n) is 16.1. The minimum atomic E-state index is -0.153. The van der Waals surface area contributed by atoms with Crippen molar-refractivity contribution in [3.63, 3.8) is 0 Å². The van der Waals surface area contributed by atoms with E-state index in [0.29, 0.717) is 17.9 Å². The van der Waals surface area contributed by atoms with Crippen molar-refractivity contribution in [2.75, 3.05) is 32.1 Å². The highest BCUT2D eigenvalue weighted by Gasteiger charge is 2.21. The van der Waals surface area contributed by atoms with Crippen molar-refractivity contribution in [1.82, 2.24) is 14.9 Å². The molecule has 6 heteroatoms. The third kappa shape index (κ3) is 4.68. The van der Waals surface area contributed by atoms with Gasteiger partial charge in [0.2, 0.25) is 5.95 Å². The number of nitrogens with one attached hydrogen (secondary N) is 1. The summed E-state index contributed by atoms with van der Waals surface area (Å²) < 4.78 is 6.19. The Bertz CT molecular complexity index is 761. The molecule has 2 heterocycles. The number of likely N-dealkylation sites (tertiary alicyclic amines) is 1. The normalized spacial score (nSPS) is 26.8. The minimum Gasteiger partial charge on any atom is -0.491 e. The fourth-order valence-corrected chi connectivity index (χ4v) is 4.23. The molecule has 4 rings (SSSR count). The number of ether oxygens (including phenoxy) is 1. The number of benzene rings is 1. The summed E-state index contributed by atoms with van der Waals surface area (Å²) in [7, 11) is 2.18. The van der Waals surface area contributed by atoms with Gasteiger partial charge in [-0.3, -0.25) is 0 Å². The average molecular weight is 370 g/mol. The van der Waals surface area contributed by atoms with Gasteiger partial charge in [-0.2, -0.15) is 0 Å². The summed E-state index contributed by atoms with van der Waals surface area (Å²) in [6.07, 6.45) is 7.77. The van der Waals surface area contributed by atoms with Gasteiger partial charge in [0, 0.05) is 30.1 Å². The number of anilines is 1. The summed E-state index contributed by atoms with van der Waals surface area (Å²) >= 11 is 0. The van der Waals surface area contributed by atoms with Gasteiger partial charge in [-0.05, 0) is 58.2 Å². The van der Waals surface area contributed by atoms with Gasteiger partial charge in [-0.15, -0.1) is 0 Å². The molecule has 146 valence electrons. The quantitative estimate of drug-likeness (QED) is 0.843. The summed E-state index contributed by atoms with van der Waals surface area (Å²) in [5.74, 6) is 2.06. The van der Waals surface area contributed by atoms with Gasteiger partial charge in [0.25, 0.3) is 0 Å². The number of para-hydroxylation sites is 1. The van der Waals surface area contributed by atoms with Crippen molar-refractivity contribution in [2.45, 2.75) is 50.7 Å². The van der Waals surface area contributed by atoms with Crippen LogP contribution in [0.15, 0.2) is 24.4 Å². The van der Waals surface area contributed by atoms with Gasteiger partial charge in [-0.25, -0.2) is 9.97 Å². The molecule has 1 aliphatic carbocycles. The lowest BCUT2D eigenvalue weighted by molar-refractivity contribution is 0.126. The number of rotatable bonds is 5. The fourth-order valence-electron chi connectivity index (χ4n) is 4.23. The van der Waals surface area contributed by atoms with Crippen LogP contribution in [0.25, 0.3) is 10.9 Å². The van der Waals surface area contributed by atoms with Crippen molar-refractivity contribution in [1.29, 1.82) is 0 Å². The molecule has 0 bridgehead atoms. The molecular formula is C21H30N4O2. The largest absolute Gasteiger partial charge is 0.491 e. The number of hydrogen-bond acceptors (Lipinski definition) is 6. The Hall–Kier alpha value is -1.92. The van der Waals surface area contributed by atoms with Crippen LogP contribution in [0.3, 0.4) is 0 Å². The lowest BCUT2D eigenvalue weighted by atomic mass is 9.93. The van der Waals surface area contributed by atoms with E-state index in [0.717, 1.165) is 55.5 Å². The maximum atomic E-state index is 9.68. The SMILES string of the molecule is CN1CCCC(COc2cccc3cnc(N[C@H]4CC[C@H](O)CC4)nc23)C1. The molecule has 6 nitrogen and oxygen atoms in total. The molecule has 27 heavy (non-hydrogen) atoms. The summed E-state index contributed by atoms with van der Waals surface area (Å²) in [6, 6.07) is 6.36. The topological polar surface area (TPSA) is 70.5 Å². The lowest BCUT2D eigenvalue weighted by Gasteiger charge is -2.29. The summed E-state index contributed by atoms with van der Waals surface area (Å²) in [4.78, 5) is 11.6. The van der Waals surface area contributed by atoms with Crippen molar-refractivity contribution < 1.29 is 9.84 Å². The monoisotopic (exact) mass is 370 g/mol. The lowest BCUT2D eigenvalue weighted by Crippen LogP contribution is -2.34. The number of hydrogen-bond donors (Lipinski definition) is 2. The van der Waals surface area contributed by atoms with Crippen LogP contribution >= 0.6 is 0 Å². The van der Waals surface area contributed by atoms with E-state index in [-0.39, 0.29) is 6.10 Å². The van der Waals surface area contributed by atoms with Gasteiger partial charge in [0.05, 0.1) is 12.7 Å². The summed E-state index contributed by atoms with van der Waals surface area (Å²) in [5, 5.41) is 14.1. The molecule has 1 saturated carbocycles. The molecule has 1 aliphatic heterocycles. The van der Waals surface area contributed by atoms with E-state index < -0.39 is 0 Å². The predicted molar refractivity (Wildman–Crippen MR) is 107 cm³/mol. The maximum absolute atomic E-state index is 9.68. The van der Waals surface area contributed by atoms with Gasteiger partial charge >= 0.3 is 0 Å². The van der Waals surface area contributed by atoms with Gasteiger partial charge in [0.15, 0.2) is 0 Å². The Morgan fingerprint density at radius 1 is 1.22 bits per heavy atom. The highest BCUT2D eigenvalue weighted by Crippen LogP contribution is 2.27. The van der Waals surface area contributed by atoms with Crippen LogP contribution in [0.2, 0.25) is 0 Å². The van der Waals surface area contributed by atoms with Crippen LogP contribution in [0.4, 0.5) is 5.95 Å². The van der Waals surface area contributed by atoms with Gasteiger partial charge < -0.3 is 20.1 Å². The smallest absolute Gasteiger partial charge is 0.223 e. The van der Waals surface area contributed by atoms with E-state index in [1.807, 2.05) is 24.4 Å². The van der Waals surface area contributed by atoms with Crippen LogP contribution in [0, 0.1) is 5.92 Å². The van der Waals surface area contributed by atoms with E-state index in [9.17, 15) is 5.11 Å². The summed E-state index contributed by atoms with van der Waals surface area (Å²) in [5.41, 5.74) is 0.870. The van der Waals surface area contributed by atoms with Crippen LogP contribution in [0.1, 0.15) is 38.5 Å². The Kier molecular flexibility index (Phi) is 5.74. The molecule has 0 spiro atoms. The molecule has 2 N–H and O–H groups in total. The standard InChI is InChI=1S/C21H30N4O2/c1-25-11-3-4-15(13-25)14-27-19-6-2-5-16-12-22-21(24-20(16)19)23-17-7-9-18(26)10-8-17/h2,5-6,12,15,17-18,26H,3-4,7-11,13-14H2,1H3,(H,22,23,24)/t15?,17-,18-. The van der Waals surface area contributed by atoms with E-state index in [1.165, 1.54) is 19.4 Å². The molecule has 2 fully saturated rings. The number of aliphatic hydroxyl groups excluding tert-OH is 1. The van der Waals surface area contributed by atoms with Crippen molar-refractivity contribution >= 4 is 16.9 Å². The van der Waals surface area contributed by atoms with Crippen molar-refractivity contribution in [3.8, 4) is 5.75 Å². The second kappa shape index (κ2) is 8.40. The number of fused-ring (bicyclic) bond motifs is 1. The fraction of sp³-hybridized carbons (Fsp3) is 0.619. The zero-order chi connectivity index (χ0) is 18.6. The molecule has 1 unspecified atom stereocenters. The number of aliphatic hydroxyl groups is 1. The molecule has 2 aromatic rings. The minimum absolute atomic E-state index is 0.153. The van der Waals surface area contributed by atoms with E-state index in [2.05, 4.69) is 22.2 Å². The first-order chi connectivity index (χ1) is 13.2. The van der Waals surface area contributed by atoms with Crippen LogP contribution in [0.5, 0.6) is 5.75 Å². The highest BCUT2D eigenvalue weighted by atomic mass is 16.5. The number of aromatic nitrogens is 2. The second-order valence-corrected chi connectivity index (χ2v) is 8.12. The maximum Gasteiger partial charge on any atom is 0.223 e. The number of nitrogens with zero attached hydrogens (tertiary/aromatic N) is 3. The predicted octanol–water partition coefficient (Wildman–Crippen LogP) is 3.07. The van der Waals surface area contributed by atoms with Crippen molar-refractivity contribution in [3.05, 3.63) is 24.4 Å². The molecule has 2 aliphatic rings. The third-order valence-corrected chi connectivity index (χ3v) is 5.80. The van der Waals surface area contributed by atoms with Crippen LogP contribution in [-0.4, -0.2) is 58.9 Å². The first-order valence-corrected chi connectivity index (χ1v) is 10.2.